The highest BCUT2D eigenvalue weighted by Crippen LogP contribution is 2.64. The third-order valence-electron chi connectivity index (χ3n) is 12.8. The van der Waals surface area contributed by atoms with E-state index in [-0.39, 0.29) is 10.8 Å². The zero-order chi connectivity index (χ0) is 38.1. The van der Waals surface area contributed by atoms with Crippen LogP contribution in [0.5, 0.6) is 11.5 Å². The highest BCUT2D eigenvalue weighted by atomic mass is 16.5. The Balaban J connectivity index is 1.11. The third kappa shape index (κ3) is 4.49. The van der Waals surface area contributed by atoms with Crippen LogP contribution < -0.4 is 4.74 Å². The van der Waals surface area contributed by atoms with Gasteiger partial charge in [-0.2, -0.15) is 0 Å². The zero-order valence-electron chi connectivity index (χ0n) is 32.9. The molecule has 1 heterocycles. The standard InChI is InChI=1S/C55H44O/c1-53(2,3)35-25-27-39-40-28-26-36(54(4,5)6)32-48(40)55(47(39)31-35)45-18-9-7-14-44(45)51-38(15-12-19-46(51)55)34-23-21-33(22-24-34)37-29-30-50-52-42(37)16-11-17-43(52)41-13-8-10-20-49(41)56-50/h7-32H,1-6H3. The number of para-hydroxylation sites is 1. The van der Waals surface area contributed by atoms with Crippen molar-refractivity contribution >= 4 is 10.8 Å². The molecule has 3 aliphatic rings. The fourth-order valence-corrected chi connectivity index (χ4v) is 10.1. The molecule has 0 bridgehead atoms. The van der Waals surface area contributed by atoms with Gasteiger partial charge in [-0.15, -0.1) is 0 Å². The molecule has 0 unspecified atom stereocenters. The van der Waals surface area contributed by atoms with E-state index in [1.807, 2.05) is 6.07 Å². The predicted molar refractivity (Wildman–Crippen MR) is 234 cm³/mol. The summed E-state index contributed by atoms with van der Waals surface area (Å²) in [7, 11) is 0. The third-order valence-corrected chi connectivity index (χ3v) is 12.8. The Morgan fingerprint density at radius 2 is 0.911 bits per heavy atom. The Morgan fingerprint density at radius 3 is 1.59 bits per heavy atom. The molecular weight excluding hydrogens is 677 g/mol. The molecule has 0 saturated heterocycles. The second-order valence-electron chi connectivity index (χ2n) is 18.1. The van der Waals surface area contributed by atoms with Crippen LogP contribution in [-0.4, -0.2) is 0 Å². The van der Waals surface area contributed by atoms with Gasteiger partial charge in [0.2, 0.25) is 0 Å². The molecule has 11 rings (SSSR count). The SMILES string of the molecule is CC(C)(C)c1ccc2c(c1)C1(c3cc(C(C)(C)C)ccc3-2)c2ccccc2-c2c(-c3ccc(-c4ccc5c6c(cccc46)-c4ccccc4O5)cc3)cccc21. The van der Waals surface area contributed by atoms with E-state index in [0.717, 1.165) is 17.1 Å². The van der Waals surface area contributed by atoms with Gasteiger partial charge >= 0.3 is 0 Å². The fraction of sp³-hybridized carbons (Fsp3) is 0.164. The van der Waals surface area contributed by atoms with Crippen LogP contribution in [0.15, 0.2) is 158 Å². The first-order chi connectivity index (χ1) is 27.0. The molecule has 0 N–H and O–H groups in total. The summed E-state index contributed by atoms with van der Waals surface area (Å²) in [5, 5.41) is 2.39. The number of hydrogen-bond donors (Lipinski definition) is 0. The monoisotopic (exact) mass is 720 g/mol. The van der Waals surface area contributed by atoms with E-state index in [4.69, 9.17) is 4.74 Å². The van der Waals surface area contributed by atoms with Gasteiger partial charge in [0.15, 0.2) is 0 Å². The van der Waals surface area contributed by atoms with Crippen molar-refractivity contribution in [1.29, 1.82) is 0 Å². The van der Waals surface area contributed by atoms with E-state index in [9.17, 15) is 0 Å². The molecule has 0 atom stereocenters. The summed E-state index contributed by atoms with van der Waals surface area (Å²) < 4.78 is 6.42. The number of benzene rings is 8. The summed E-state index contributed by atoms with van der Waals surface area (Å²) in [6.45, 7) is 14.0. The summed E-state index contributed by atoms with van der Waals surface area (Å²) in [6, 6.07) is 59.4. The Morgan fingerprint density at radius 1 is 0.375 bits per heavy atom. The van der Waals surface area contributed by atoms with Gasteiger partial charge in [-0.3, -0.25) is 0 Å². The van der Waals surface area contributed by atoms with E-state index in [1.54, 1.807) is 0 Å². The van der Waals surface area contributed by atoms with Crippen LogP contribution in [0.4, 0.5) is 0 Å². The number of ether oxygens (including phenoxy) is 1. The van der Waals surface area contributed by atoms with Crippen molar-refractivity contribution in [2.45, 2.75) is 57.8 Å². The lowest BCUT2D eigenvalue weighted by molar-refractivity contribution is 0.487. The lowest BCUT2D eigenvalue weighted by atomic mass is 9.68. The Kier molecular flexibility index (Phi) is 6.77. The van der Waals surface area contributed by atoms with Crippen molar-refractivity contribution in [3.05, 3.63) is 191 Å². The van der Waals surface area contributed by atoms with Gasteiger partial charge < -0.3 is 4.74 Å². The average molecular weight is 721 g/mol. The summed E-state index contributed by atoms with van der Waals surface area (Å²) >= 11 is 0. The summed E-state index contributed by atoms with van der Waals surface area (Å²) in [6.07, 6.45) is 0. The van der Waals surface area contributed by atoms with Crippen molar-refractivity contribution < 1.29 is 4.74 Å². The minimum absolute atomic E-state index is 0.0216. The van der Waals surface area contributed by atoms with Crippen LogP contribution in [0.3, 0.4) is 0 Å². The van der Waals surface area contributed by atoms with Crippen molar-refractivity contribution in [3.8, 4) is 67.1 Å². The fourth-order valence-electron chi connectivity index (χ4n) is 10.1. The Bertz CT molecular complexity index is 2880. The van der Waals surface area contributed by atoms with Crippen molar-refractivity contribution in [1.82, 2.24) is 0 Å². The molecule has 1 nitrogen and oxygen atoms in total. The molecule has 0 amide bonds. The lowest BCUT2D eigenvalue weighted by Gasteiger charge is -2.33. The summed E-state index contributed by atoms with van der Waals surface area (Å²) in [4.78, 5) is 0. The summed E-state index contributed by atoms with van der Waals surface area (Å²) in [5.41, 5.74) is 20.6. The van der Waals surface area contributed by atoms with Crippen LogP contribution in [0.1, 0.15) is 74.9 Å². The van der Waals surface area contributed by atoms with Gasteiger partial charge in [-0.25, -0.2) is 0 Å². The topological polar surface area (TPSA) is 9.23 Å². The highest BCUT2D eigenvalue weighted by molar-refractivity contribution is 6.10. The van der Waals surface area contributed by atoms with E-state index in [0.29, 0.717) is 0 Å². The van der Waals surface area contributed by atoms with E-state index >= 15 is 0 Å². The molecule has 1 spiro atoms. The second kappa shape index (κ2) is 11.4. The molecule has 0 fully saturated rings. The Hall–Kier alpha value is -6.18. The molecule has 270 valence electrons. The highest BCUT2D eigenvalue weighted by Gasteiger charge is 2.52. The number of fused-ring (bicyclic) bond motifs is 12. The Labute approximate surface area is 330 Å². The second-order valence-corrected chi connectivity index (χ2v) is 18.1. The molecule has 1 heteroatoms. The van der Waals surface area contributed by atoms with Crippen molar-refractivity contribution in [2.24, 2.45) is 0 Å². The van der Waals surface area contributed by atoms with E-state index < -0.39 is 5.41 Å². The molecule has 0 saturated carbocycles. The zero-order valence-corrected chi connectivity index (χ0v) is 32.9. The smallest absolute Gasteiger partial charge is 0.135 e. The number of rotatable bonds is 2. The minimum atomic E-state index is -0.418. The van der Waals surface area contributed by atoms with Crippen LogP contribution in [0, 0.1) is 0 Å². The first-order valence-corrected chi connectivity index (χ1v) is 20.0. The van der Waals surface area contributed by atoms with Crippen LogP contribution >= 0.6 is 0 Å². The van der Waals surface area contributed by atoms with Gasteiger partial charge in [-0.05, 0) is 112 Å². The van der Waals surface area contributed by atoms with Crippen molar-refractivity contribution in [2.75, 3.05) is 0 Å². The van der Waals surface area contributed by atoms with Gasteiger partial charge in [0.25, 0.3) is 0 Å². The largest absolute Gasteiger partial charge is 0.456 e. The summed E-state index contributed by atoms with van der Waals surface area (Å²) in [5.74, 6) is 1.83. The maximum absolute atomic E-state index is 6.42. The van der Waals surface area contributed by atoms with Gasteiger partial charge in [0.05, 0.1) is 5.41 Å². The normalized spacial score (nSPS) is 14.2. The van der Waals surface area contributed by atoms with Gasteiger partial charge in [0, 0.05) is 10.9 Å². The average Bonchev–Trinajstić information content (AvgIpc) is 3.67. The quantitative estimate of drug-likeness (QED) is 0.173. The first-order valence-electron chi connectivity index (χ1n) is 20.0. The molecule has 1 aliphatic heterocycles. The van der Waals surface area contributed by atoms with Gasteiger partial charge in [-0.1, -0.05) is 187 Å². The molecule has 0 radical (unpaired) electrons. The van der Waals surface area contributed by atoms with Crippen LogP contribution in [0.2, 0.25) is 0 Å². The molecule has 56 heavy (non-hydrogen) atoms. The molecule has 8 aromatic rings. The maximum atomic E-state index is 6.42. The van der Waals surface area contributed by atoms with Gasteiger partial charge in [0.1, 0.15) is 11.5 Å². The predicted octanol–water partition coefficient (Wildman–Crippen LogP) is 14.9. The molecule has 2 aliphatic carbocycles. The first kappa shape index (κ1) is 33.2. The molecular formula is C55H44O. The molecule has 0 aromatic heterocycles. The lowest BCUT2D eigenvalue weighted by Crippen LogP contribution is -2.27. The van der Waals surface area contributed by atoms with Crippen molar-refractivity contribution in [3.63, 3.8) is 0 Å². The number of hydrogen-bond acceptors (Lipinski definition) is 1. The van der Waals surface area contributed by atoms with E-state index in [1.165, 1.54) is 94.2 Å². The van der Waals surface area contributed by atoms with Crippen LogP contribution in [0.25, 0.3) is 66.4 Å². The van der Waals surface area contributed by atoms with Crippen LogP contribution in [-0.2, 0) is 16.2 Å². The maximum Gasteiger partial charge on any atom is 0.135 e. The molecule has 8 aromatic carbocycles. The van der Waals surface area contributed by atoms with E-state index in [2.05, 4.69) is 193 Å². The minimum Gasteiger partial charge on any atom is -0.456 e.